The molecule has 0 aliphatic carbocycles. The Bertz CT molecular complexity index is 2690. The molecule has 0 bridgehead atoms. The molecule has 0 saturated heterocycles. The van der Waals surface area contributed by atoms with Gasteiger partial charge in [0.05, 0.1) is 58.5 Å². The van der Waals surface area contributed by atoms with E-state index in [-0.39, 0.29) is 0 Å². The molecule has 6 aromatic rings. The van der Waals surface area contributed by atoms with Gasteiger partial charge in [-0.2, -0.15) is 0 Å². The van der Waals surface area contributed by atoms with E-state index >= 15 is 0 Å². The van der Waals surface area contributed by atoms with Crippen LogP contribution in [0.2, 0.25) is 0 Å². The molecule has 6 aliphatic heterocycles. The SMILES string of the molecule is CCc1sc(CCCc2sc(CCCc3sc(CCCc4sc(CCCc5sc(CCCc6sc(CC)c7c6OCCO7)c6c5OCCO6)c5c4OCCO5)c4c3OCCO4)c3c2OCCO3)c2c1OCCO2. The van der Waals surface area contributed by atoms with Gasteiger partial charge in [0.25, 0.3) is 0 Å². The van der Waals surface area contributed by atoms with Crippen LogP contribution in [0.4, 0.5) is 0 Å². The zero-order chi connectivity index (χ0) is 49.1. The van der Waals surface area contributed by atoms with Crippen LogP contribution in [0.5, 0.6) is 69.0 Å². The number of hydrogen-bond acceptors (Lipinski definition) is 18. The van der Waals surface area contributed by atoms with Crippen molar-refractivity contribution in [2.75, 3.05) is 79.3 Å². The summed E-state index contributed by atoms with van der Waals surface area (Å²) in [7, 11) is 0. The van der Waals surface area contributed by atoms with Crippen LogP contribution in [0.15, 0.2) is 0 Å². The molecule has 73 heavy (non-hydrogen) atoms. The highest BCUT2D eigenvalue weighted by atomic mass is 32.1. The summed E-state index contributed by atoms with van der Waals surface area (Å²) in [5, 5.41) is 0. The zero-order valence-corrected chi connectivity index (χ0v) is 46.8. The molecule has 12 heterocycles. The molecule has 0 N–H and O–H groups in total. The maximum atomic E-state index is 6.33. The summed E-state index contributed by atoms with van der Waals surface area (Å²) >= 11 is 11.1. The van der Waals surface area contributed by atoms with E-state index < -0.39 is 0 Å². The van der Waals surface area contributed by atoms with Crippen LogP contribution < -0.4 is 56.8 Å². The predicted molar refractivity (Wildman–Crippen MR) is 291 cm³/mol. The third kappa shape index (κ3) is 10.4. The summed E-state index contributed by atoms with van der Waals surface area (Å²) in [5.74, 6) is 11.5. The van der Waals surface area contributed by atoms with Crippen molar-refractivity contribution in [2.45, 2.75) is 123 Å². The molecule has 0 aromatic carbocycles. The van der Waals surface area contributed by atoms with Crippen LogP contribution in [0.1, 0.15) is 104 Å². The Morgan fingerprint density at radius 1 is 0.205 bits per heavy atom. The fourth-order valence-electron chi connectivity index (χ4n) is 10.6. The fourth-order valence-corrected chi connectivity index (χ4v) is 18.1. The minimum absolute atomic E-state index is 0.581. The van der Waals surface area contributed by atoms with E-state index in [1.165, 1.54) is 58.5 Å². The van der Waals surface area contributed by atoms with Crippen LogP contribution in [0.25, 0.3) is 0 Å². The van der Waals surface area contributed by atoms with Gasteiger partial charge in [0.15, 0.2) is 69.0 Å². The lowest BCUT2D eigenvalue weighted by atomic mass is 10.1. The second kappa shape index (κ2) is 23.0. The van der Waals surface area contributed by atoms with Crippen molar-refractivity contribution >= 4 is 68.0 Å². The van der Waals surface area contributed by atoms with Gasteiger partial charge in [-0.1, -0.05) is 13.8 Å². The Balaban J connectivity index is 0.653. The van der Waals surface area contributed by atoms with Crippen molar-refractivity contribution in [2.24, 2.45) is 0 Å². The maximum Gasteiger partial charge on any atom is 0.175 e. The third-order valence-electron chi connectivity index (χ3n) is 13.9. The number of thiophene rings is 6. The van der Waals surface area contributed by atoms with E-state index in [2.05, 4.69) is 13.8 Å². The van der Waals surface area contributed by atoms with Crippen LogP contribution >= 0.6 is 68.0 Å². The van der Waals surface area contributed by atoms with Crippen LogP contribution in [-0.4, -0.2) is 79.3 Å². The summed E-state index contributed by atoms with van der Waals surface area (Å²) in [5.41, 5.74) is 0. The molecule has 0 fully saturated rings. The Kier molecular flexibility index (Phi) is 15.6. The van der Waals surface area contributed by atoms with Crippen LogP contribution in [-0.2, 0) is 77.0 Å². The van der Waals surface area contributed by atoms with Crippen LogP contribution in [0.3, 0.4) is 0 Å². The molecular weight excluding hydrogens is 1040 g/mol. The van der Waals surface area contributed by atoms with Crippen molar-refractivity contribution in [3.8, 4) is 69.0 Å². The molecule has 12 rings (SSSR count). The lowest BCUT2D eigenvalue weighted by Gasteiger charge is -2.18. The van der Waals surface area contributed by atoms with Gasteiger partial charge in [-0.25, -0.2) is 0 Å². The second-order valence-electron chi connectivity index (χ2n) is 18.8. The highest BCUT2D eigenvalue weighted by molar-refractivity contribution is 7.14. The van der Waals surface area contributed by atoms with E-state index in [0.717, 1.165) is 178 Å². The van der Waals surface area contributed by atoms with Crippen molar-refractivity contribution in [1.29, 1.82) is 0 Å². The molecule has 0 saturated carbocycles. The third-order valence-corrected chi connectivity index (χ3v) is 21.7. The van der Waals surface area contributed by atoms with Gasteiger partial charge in [-0.3, -0.25) is 0 Å². The van der Waals surface area contributed by atoms with E-state index in [1.807, 2.05) is 68.0 Å². The summed E-state index contributed by atoms with van der Waals surface area (Å²) < 4.78 is 74.5. The summed E-state index contributed by atoms with van der Waals surface area (Å²) in [6.45, 7) is 11.6. The topological polar surface area (TPSA) is 111 Å². The fraction of sp³-hybridized carbons (Fsp3) is 0.564. The van der Waals surface area contributed by atoms with Gasteiger partial charge in [0.1, 0.15) is 79.3 Å². The Hall–Kier alpha value is -4.20. The number of aryl methyl sites for hydroxylation is 12. The standard InChI is InChI=1S/C55H64O12S6/c1-3-32-44-46(58-22-20-56-44)34(68-32)10-5-12-36-48-50(62-26-24-60-48)38(70-36)14-7-16-40-52-54(66-30-28-64-52)42(72-40)18-9-19-43-55-53(65-29-31-67-55)41(73-43)17-8-15-39-51-49(61-25-27-63-51)37(71-39)13-6-11-35-47-45(33(4-2)69-35)57-21-23-59-47/h3-31H2,1-2H3. The van der Waals surface area contributed by atoms with Gasteiger partial charge < -0.3 is 56.8 Å². The minimum Gasteiger partial charge on any atom is -0.485 e. The number of rotatable bonds is 22. The predicted octanol–water partition coefficient (Wildman–Crippen LogP) is 12.7. The second-order valence-corrected chi connectivity index (χ2v) is 25.9. The Morgan fingerprint density at radius 2 is 0.329 bits per heavy atom. The lowest BCUT2D eigenvalue weighted by molar-refractivity contribution is 0.170. The van der Waals surface area contributed by atoms with Gasteiger partial charge in [-0.05, 0) is 109 Å². The first kappa shape index (κ1) is 49.7. The average Bonchev–Trinajstić information content (AvgIpc) is 4.30. The first-order valence-corrected chi connectivity index (χ1v) is 31.4. The Morgan fingerprint density at radius 3 is 0.466 bits per heavy atom. The van der Waals surface area contributed by atoms with Gasteiger partial charge in [0, 0.05) is 0 Å². The molecule has 0 unspecified atom stereocenters. The maximum absolute atomic E-state index is 6.33. The Labute approximate surface area is 451 Å². The molecule has 12 nitrogen and oxygen atoms in total. The normalized spacial score (nSPS) is 16.0. The molecule has 0 radical (unpaired) electrons. The average molecular weight is 1110 g/mol. The molecule has 18 heteroatoms. The van der Waals surface area contributed by atoms with E-state index in [1.54, 1.807) is 0 Å². The van der Waals surface area contributed by atoms with Crippen molar-refractivity contribution < 1.29 is 56.8 Å². The lowest BCUT2D eigenvalue weighted by Crippen LogP contribution is -2.16. The molecule has 0 spiro atoms. The summed E-state index contributed by atoms with van der Waals surface area (Å²) in [6, 6.07) is 0. The molecular formula is C55H64O12S6. The molecule has 0 atom stereocenters. The molecule has 0 amide bonds. The zero-order valence-electron chi connectivity index (χ0n) is 41.9. The van der Waals surface area contributed by atoms with Gasteiger partial charge >= 0.3 is 0 Å². The number of fused-ring (bicyclic) bond motifs is 6. The van der Waals surface area contributed by atoms with E-state index in [9.17, 15) is 0 Å². The van der Waals surface area contributed by atoms with Crippen molar-refractivity contribution in [3.63, 3.8) is 0 Å². The largest absolute Gasteiger partial charge is 0.485 e. The van der Waals surface area contributed by atoms with Gasteiger partial charge in [-0.15, -0.1) is 68.0 Å². The van der Waals surface area contributed by atoms with Crippen molar-refractivity contribution in [3.05, 3.63) is 58.5 Å². The first-order chi connectivity index (χ1) is 36.1. The number of ether oxygens (including phenoxy) is 12. The smallest absolute Gasteiger partial charge is 0.175 e. The van der Waals surface area contributed by atoms with Gasteiger partial charge in [0.2, 0.25) is 0 Å². The van der Waals surface area contributed by atoms with Crippen molar-refractivity contribution in [1.82, 2.24) is 0 Å². The minimum atomic E-state index is 0.581. The molecule has 6 aromatic heterocycles. The number of hydrogen-bond donors (Lipinski definition) is 0. The van der Waals surface area contributed by atoms with E-state index in [0.29, 0.717) is 79.3 Å². The highest BCUT2D eigenvalue weighted by Crippen LogP contribution is 2.52. The van der Waals surface area contributed by atoms with E-state index in [4.69, 9.17) is 56.8 Å². The monoisotopic (exact) mass is 1110 g/mol. The quantitative estimate of drug-likeness (QED) is 0.0645. The first-order valence-electron chi connectivity index (χ1n) is 26.5. The highest BCUT2D eigenvalue weighted by Gasteiger charge is 2.31. The summed E-state index contributed by atoms with van der Waals surface area (Å²) in [4.78, 5) is 15.4. The van der Waals surface area contributed by atoms with Crippen LogP contribution in [0, 0.1) is 0 Å². The molecule has 392 valence electrons. The summed E-state index contributed by atoms with van der Waals surface area (Å²) in [6.07, 6.45) is 16.3. The molecule has 6 aliphatic rings.